The van der Waals surface area contributed by atoms with E-state index in [2.05, 4.69) is 28.0 Å². The molecule has 0 aliphatic carbocycles. The molecule has 86 valence electrons. The summed E-state index contributed by atoms with van der Waals surface area (Å²) in [7, 11) is 0. The van der Waals surface area contributed by atoms with Crippen molar-refractivity contribution in [1.82, 2.24) is 15.0 Å². The van der Waals surface area contributed by atoms with Crippen molar-refractivity contribution in [2.75, 3.05) is 6.61 Å². The lowest BCUT2D eigenvalue weighted by Gasteiger charge is -2.06. The lowest BCUT2D eigenvalue weighted by atomic mass is 10.3. The zero-order valence-corrected chi connectivity index (χ0v) is 9.73. The Kier molecular flexibility index (Phi) is 3.54. The smallest absolute Gasteiger partial charge is 0.126 e. The molecule has 4 heteroatoms. The van der Waals surface area contributed by atoms with Crippen LogP contribution in [0, 0.1) is 0 Å². The van der Waals surface area contributed by atoms with E-state index < -0.39 is 0 Å². The number of rotatable bonds is 5. The molecule has 1 aromatic carbocycles. The third kappa shape index (κ3) is 2.08. The number of hydrogen-bond acceptors (Lipinski definition) is 3. The Bertz CT molecular complexity index is 464. The van der Waals surface area contributed by atoms with Crippen molar-refractivity contribution in [2.24, 2.45) is 0 Å². The largest absolute Gasteiger partial charge is 0.327 e. The minimum absolute atomic E-state index is 0.635. The minimum Gasteiger partial charge on any atom is -0.327 e. The summed E-state index contributed by atoms with van der Waals surface area (Å²) in [5, 5.41) is 0. The molecule has 0 spiro atoms. The van der Waals surface area contributed by atoms with Gasteiger partial charge < -0.3 is 9.40 Å². The molecular weight excluding hydrogens is 202 g/mol. The van der Waals surface area contributed by atoms with Gasteiger partial charge in [0.25, 0.3) is 0 Å². The number of aromatic nitrogens is 2. The Balaban J connectivity index is 2.29. The number of hydroxylamine groups is 1. The molecule has 4 nitrogen and oxygen atoms in total. The minimum atomic E-state index is 0.635. The summed E-state index contributed by atoms with van der Waals surface area (Å²) in [4.78, 5) is 9.71. The second kappa shape index (κ2) is 5.09. The van der Waals surface area contributed by atoms with Gasteiger partial charge in [-0.2, -0.15) is 5.48 Å². The number of imidazole rings is 1. The molecule has 16 heavy (non-hydrogen) atoms. The van der Waals surface area contributed by atoms with E-state index in [4.69, 9.17) is 4.84 Å². The van der Waals surface area contributed by atoms with Crippen molar-refractivity contribution < 1.29 is 4.84 Å². The van der Waals surface area contributed by atoms with Gasteiger partial charge in [-0.3, -0.25) is 0 Å². The van der Waals surface area contributed by atoms with Crippen molar-refractivity contribution in [3.8, 4) is 0 Å². The highest BCUT2D eigenvalue weighted by atomic mass is 16.6. The van der Waals surface area contributed by atoms with Gasteiger partial charge in [0.1, 0.15) is 5.82 Å². The van der Waals surface area contributed by atoms with E-state index in [9.17, 15) is 0 Å². The number of fused-ring (bicyclic) bond motifs is 1. The molecule has 1 N–H and O–H groups in total. The van der Waals surface area contributed by atoms with E-state index in [1.165, 1.54) is 5.52 Å². The Morgan fingerprint density at radius 2 is 2.12 bits per heavy atom. The Morgan fingerprint density at radius 1 is 1.31 bits per heavy atom. The second-order valence-corrected chi connectivity index (χ2v) is 3.52. The third-order valence-corrected chi connectivity index (χ3v) is 2.53. The van der Waals surface area contributed by atoms with Gasteiger partial charge in [0.05, 0.1) is 24.2 Å². The zero-order chi connectivity index (χ0) is 11.4. The fourth-order valence-electron chi connectivity index (χ4n) is 1.83. The molecule has 0 amide bonds. The molecule has 0 atom stereocenters. The first-order chi connectivity index (χ1) is 7.86. The van der Waals surface area contributed by atoms with Crippen LogP contribution in [0.3, 0.4) is 0 Å². The molecule has 0 saturated carbocycles. The average molecular weight is 219 g/mol. The lowest BCUT2D eigenvalue weighted by Crippen LogP contribution is -2.17. The number of para-hydroxylation sites is 2. The van der Waals surface area contributed by atoms with E-state index in [0.717, 1.165) is 17.9 Å². The SMILES string of the molecule is CCONCc1nc2ccccc2n1CC. The molecule has 0 saturated heterocycles. The Labute approximate surface area is 95.2 Å². The van der Waals surface area contributed by atoms with Gasteiger partial charge in [0.15, 0.2) is 0 Å². The van der Waals surface area contributed by atoms with Crippen LogP contribution in [0.15, 0.2) is 24.3 Å². The fourth-order valence-corrected chi connectivity index (χ4v) is 1.83. The van der Waals surface area contributed by atoms with E-state index in [-0.39, 0.29) is 0 Å². The van der Waals surface area contributed by atoms with Gasteiger partial charge in [-0.1, -0.05) is 12.1 Å². The zero-order valence-electron chi connectivity index (χ0n) is 9.73. The maximum absolute atomic E-state index is 5.13. The summed E-state index contributed by atoms with van der Waals surface area (Å²) in [6.07, 6.45) is 0. The van der Waals surface area contributed by atoms with Crippen LogP contribution in [0.1, 0.15) is 19.7 Å². The highest BCUT2D eigenvalue weighted by molar-refractivity contribution is 5.75. The second-order valence-electron chi connectivity index (χ2n) is 3.52. The first kappa shape index (κ1) is 11.1. The lowest BCUT2D eigenvalue weighted by molar-refractivity contribution is 0.0443. The van der Waals surface area contributed by atoms with Crippen LogP contribution in [0.25, 0.3) is 11.0 Å². The first-order valence-corrected chi connectivity index (χ1v) is 5.65. The molecule has 1 aromatic heterocycles. The molecule has 0 bridgehead atoms. The molecule has 0 aliphatic rings. The number of benzene rings is 1. The van der Waals surface area contributed by atoms with Gasteiger partial charge >= 0.3 is 0 Å². The average Bonchev–Trinajstić information content (AvgIpc) is 2.67. The van der Waals surface area contributed by atoms with Crippen LogP contribution in [-0.4, -0.2) is 16.2 Å². The molecular formula is C12H17N3O. The van der Waals surface area contributed by atoms with Crippen molar-refractivity contribution in [3.05, 3.63) is 30.1 Å². The predicted octanol–water partition coefficient (Wildman–Crippen LogP) is 2.10. The predicted molar refractivity (Wildman–Crippen MR) is 63.9 cm³/mol. The molecule has 2 aromatic rings. The summed E-state index contributed by atoms with van der Waals surface area (Å²) in [6, 6.07) is 8.17. The fraction of sp³-hybridized carbons (Fsp3) is 0.417. The Hall–Kier alpha value is -1.39. The van der Waals surface area contributed by atoms with Crippen molar-refractivity contribution in [3.63, 3.8) is 0 Å². The molecule has 0 aliphatic heterocycles. The number of nitrogens with zero attached hydrogens (tertiary/aromatic N) is 2. The van der Waals surface area contributed by atoms with Gasteiger partial charge in [-0.25, -0.2) is 4.98 Å². The quantitative estimate of drug-likeness (QED) is 0.618. The summed E-state index contributed by atoms with van der Waals surface area (Å²) < 4.78 is 2.20. The van der Waals surface area contributed by atoms with Gasteiger partial charge in [0.2, 0.25) is 0 Å². The van der Waals surface area contributed by atoms with Crippen molar-refractivity contribution in [1.29, 1.82) is 0 Å². The first-order valence-electron chi connectivity index (χ1n) is 5.65. The van der Waals surface area contributed by atoms with Gasteiger partial charge in [-0.05, 0) is 26.0 Å². The summed E-state index contributed by atoms with van der Waals surface area (Å²) in [5.74, 6) is 1.01. The molecule has 0 fully saturated rings. The number of nitrogens with one attached hydrogen (secondary N) is 1. The normalized spacial score (nSPS) is 11.1. The summed E-state index contributed by atoms with van der Waals surface area (Å²) >= 11 is 0. The van der Waals surface area contributed by atoms with Crippen LogP contribution in [0.4, 0.5) is 0 Å². The number of aryl methyl sites for hydroxylation is 1. The van der Waals surface area contributed by atoms with Crippen LogP contribution in [0.2, 0.25) is 0 Å². The maximum atomic E-state index is 5.13. The topological polar surface area (TPSA) is 39.1 Å². The molecule has 1 heterocycles. The molecule has 0 radical (unpaired) electrons. The van der Waals surface area contributed by atoms with Gasteiger partial charge in [0, 0.05) is 6.54 Å². The van der Waals surface area contributed by atoms with Crippen molar-refractivity contribution in [2.45, 2.75) is 26.9 Å². The summed E-state index contributed by atoms with van der Waals surface area (Å²) in [6.45, 7) is 6.29. The number of hydrogen-bond donors (Lipinski definition) is 1. The molecule has 0 unspecified atom stereocenters. The van der Waals surface area contributed by atoms with E-state index in [0.29, 0.717) is 13.2 Å². The Morgan fingerprint density at radius 3 is 2.88 bits per heavy atom. The highest BCUT2D eigenvalue weighted by Gasteiger charge is 2.07. The van der Waals surface area contributed by atoms with Crippen LogP contribution < -0.4 is 5.48 Å². The maximum Gasteiger partial charge on any atom is 0.126 e. The monoisotopic (exact) mass is 219 g/mol. The van der Waals surface area contributed by atoms with Crippen molar-refractivity contribution >= 4 is 11.0 Å². The van der Waals surface area contributed by atoms with Crippen LogP contribution in [0.5, 0.6) is 0 Å². The third-order valence-electron chi connectivity index (χ3n) is 2.53. The highest BCUT2D eigenvalue weighted by Crippen LogP contribution is 2.15. The van der Waals surface area contributed by atoms with E-state index in [1.54, 1.807) is 0 Å². The van der Waals surface area contributed by atoms with E-state index in [1.807, 2.05) is 25.1 Å². The van der Waals surface area contributed by atoms with Crippen LogP contribution in [-0.2, 0) is 17.9 Å². The summed E-state index contributed by atoms with van der Waals surface area (Å²) in [5.41, 5.74) is 5.12. The van der Waals surface area contributed by atoms with E-state index >= 15 is 0 Å². The standard InChI is InChI=1S/C12H17N3O/c1-3-15-11-8-6-5-7-10(11)14-12(15)9-13-16-4-2/h5-8,13H,3-4,9H2,1-2H3. The van der Waals surface area contributed by atoms with Gasteiger partial charge in [-0.15, -0.1) is 0 Å². The van der Waals surface area contributed by atoms with Crippen LogP contribution >= 0.6 is 0 Å². The molecule has 2 rings (SSSR count).